The average Bonchev–Trinajstić information content (AvgIpc) is 2.62. The summed E-state index contributed by atoms with van der Waals surface area (Å²) in [6.45, 7) is 7.30. The van der Waals surface area contributed by atoms with Gasteiger partial charge in [-0.1, -0.05) is 12.1 Å². The lowest BCUT2D eigenvalue weighted by atomic mass is 10.2. The fraction of sp³-hybridized carbons (Fsp3) is 0.263. The average molecular weight is 334 g/mol. The van der Waals surface area contributed by atoms with Gasteiger partial charge < -0.3 is 10.6 Å². The first kappa shape index (κ1) is 16.8. The first-order valence-electron chi connectivity index (χ1n) is 8.26. The van der Waals surface area contributed by atoms with Crippen LogP contribution >= 0.6 is 0 Å². The minimum absolute atomic E-state index is 0.580. The topological polar surface area (TPSA) is 75.6 Å². The van der Waals surface area contributed by atoms with Gasteiger partial charge in [0.2, 0.25) is 5.95 Å². The lowest BCUT2D eigenvalue weighted by Crippen LogP contribution is -2.10. The minimum Gasteiger partial charge on any atom is -0.364 e. The standard InChI is InChI=1S/C19H22N6/c1-13-6-4-8-20-16(13)11-22-18-15(3)10-23-19(25-18)24-12-17-14(2)7-5-9-21-17/h4-10H,11-12H2,1-3H3,(H2,22,23,24,25). The molecule has 0 saturated heterocycles. The van der Waals surface area contributed by atoms with Gasteiger partial charge in [0.1, 0.15) is 5.82 Å². The third kappa shape index (κ3) is 4.29. The summed E-state index contributed by atoms with van der Waals surface area (Å²) in [5, 5.41) is 6.59. The van der Waals surface area contributed by atoms with Gasteiger partial charge in [0.05, 0.1) is 24.5 Å². The molecule has 0 radical (unpaired) electrons. The van der Waals surface area contributed by atoms with E-state index in [1.807, 2.05) is 38.2 Å². The summed E-state index contributed by atoms with van der Waals surface area (Å²) in [4.78, 5) is 17.7. The van der Waals surface area contributed by atoms with Gasteiger partial charge in [-0.25, -0.2) is 4.98 Å². The zero-order chi connectivity index (χ0) is 17.6. The van der Waals surface area contributed by atoms with E-state index in [0.29, 0.717) is 19.0 Å². The number of nitrogens with one attached hydrogen (secondary N) is 2. The molecule has 3 heterocycles. The quantitative estimate of drug-likeness (QED) is 0.719. The summed E-state index contributed by atoms with van der Waals surface area (Å²) in [6.07, 6.45) is 5.41. The van der Waals surface area contributed by atoms with E-state index in [1.165, 1.54) is 0 Å². The van der Waals surface area contributed by atoms with Gasteiger partial charge in [0.15, 0.2) is 0 Å². The van der Waals surface area contributed by atoms with Crippen molar-refractivity contribution in [3.05, 3.63) is 70.9 Å². The van der Waals surface area contributed by atoms with Crippen molar-refractivity contribution in [1.29, 1.82) is 0 Å². The molecule has 0 saturated carbocycles. The SMILES string of the molecule is Cc1cccnc1CNc1ncc(C)c(NCc2ncccc2C)n1. The Morgan fingerprint density at radius 1 is 0.760 bits per heavy atom. The third-order valence-corrected chi connectivity index (χ3v) is 4.04. The summed E-state index contributed by atoms with van der Waals surface area (Å²) >= 11 is 0. The molecule has 0 aromatic carbocycles. The van der Waals surface area contributed by atoms with Crippen molar-refractivity contribution in [2.45, 2.75) is 33.9 Å². The maximum Gasteiger partial charge on any atom is 0.224 e. The summed E-state index contributed by atoms with van der Waals surface area (Å²) in [6, 6.07) is 7.97. The molecular weight excluding hydrogens is 312 g/mol. The molecule has 0 bridgehead atoms. The molecule has 6 heteroatoms. The molecule has 128 valence electrons. The lowest BCUT2D eigenvalue weighted by molar-refractivity contribution is 0.963. The Balaban J connectivity index is 1.68. The van der Waals surface area contributed by atoms with Gasteiger partial charge in [0, 0.05) is 24.2 Å². The van der Waals surface area contributed by atoms with Crippen LogP contribution in [-0.4, -0.2) is 19.9 Å². The van der Waals surface area contributed by atoms with Gasteiger partial charge >= 0.3 is 0 Å². The van der Waals surface area contributed by atoms with E-state index in [9.17, 15) is 0 Å². The van der Waals surface area contributed by atoms with Crippen LogP contribution in [0.25, 0.3) is 0 Å². The molecule has 2 N–H and O–H groups in total. The van der Waals surface area contributed by atoms with E-state index >= 15 is 0 Å². The van der Waals surface area contributed by atoms with Crippen molar-refractivity contribution in [3.8, 4) is 0 Å². The molecule has 6 nitrogen and oxygen atoms in total. The number of hydrogen-bond acceptors (Lipinski definition) is 6. The van der Waals surface area contributed by atoms with Gasteiger partial charge in [-0.3, -0.25) is 9.97 Å². The molecule has 0 unspecified atom stereocenters. The van der Waals surface area contributed by atoms with Crippen LogP contribution in [0.4, 0.5) is 11.8 Å². The second-order valence-electron chi connectivity index (χ2n) is 5.97. The maximum absolute atomic E-state index is 4.57. The largest absolute Gasteiger partial charge is 0.364 e. The summed E-state index contributed by atoms with van der Waals surface area (Å²) in [7, 11) is 0. The predicted octanol–water partition coefficient (Wildman–Crippen LogP) is 3.42. The molecule has 0 amide bonds. The maximum atomic E-state index is 4.57. The molecule has 0 aliphatic heterocycles. The Hall–Kier alpha value is -3.02. The second kappa shape index (κ2) is 7.70. The van der Waals surface area contributed by atoms with Crippen molar-refractivity contribution in [1.82, 2.24) is 19.9 Å². The number of pyridine rings is 2. The van der Waals surface area contributed by atoms with E-state index in [2.05, 4.69) is 43.6 Å². The van der Waals surface area contributed by atoms with Crippen molar-refractivity contribution in [2.75, 3.05) is 10.6 Å². The Labute approximate surface area is 147 Å². The van der Waals surface area contributed by atoms with E-state index in [0.717, 1.165) is 33.9 Å². The normalized spacial score (nSPS) is 10.5. The molecule has 3 aromatic heterocycles. The third-order valence-electron chi connectivity index (χ3n) is 4.04. The Bertz CT molecular complexity index is 862. The first-order chi connectivity index (χ1) is 12.1. The number of nitrogens with zero attached hydrogens (tertiary/aromatic N) is 4. The van der Waals surface area contributed by atoms with Crippen LogP contribution in [0.15, 0.2) is 42.9 Å². The highest BCUT2D eigenvalue weighted by Crippen LogP contribution is 2.15. The molecule has 0 aliphatic carbocycles. The van der Waals surface area contributed by atoms with Crippen LogP contribution in [0.3, 0.4) is 0 Å². The van der Waals surface area contributed by atoms with Crippen LogP contribution in [-0.2, 0) is 13.1 Å². The number of aryl methyl sites for hydroxylation is 3. The van der Waals surface area contributed by atoms with E-state index in [1.54, 1.807) is 12.4 Å². The van der Waals surface area contributed by atoms with Crippen LogP contribution in [0.1, 0.15) is 28.1 Å². The van der Waals surface area contributed by atoms with Crippen molar-refractivity contribution < 1.29 is 0 Å². The number of hydrogen-bond donors (Lipinski definition) is 2. The van der Waals surface area contributed by atoms with Gasteiger partial charge in [-0.05, 0) is 44.0 Å². The molecular formula is C19H22N6. The van der Waals surface area contributed by atoms with Crippen molar-refractivity contribution in [2.24, 2.45) is 0 Å². The summed E-state index contributed by atoms with van der Waals surface area (Å²) < 4.78 is 0. The molecule has 3 rings (SSSR count). The molecule has 0 spiro atoms. The summed E-state index contributed by atoms with van der Waals surface area (Å²) in [5.74, 6) is 1.39. The number of aromatic nitrogens is 4. The zero-order valence-electron chi connectivity index (χ0n) is 14.7. The van der Waals surface area contributed by atoms with Crippen molar-refractivity contribution >= 4 is 11.8 Å². The lowest BCUT2D eigenvalue weighted by Gasteiger charge is -2.12. The molecule has 0 aliphatic rings. The second-order valence-corrected chi connectivity index (χ2v) is 5.97. The number of anilines is 2. The van der Waals surface area contributed by atoms with E-state index < -0.39 is 0 Å². The van der Waals surface area contributed by atoms with Gasteiger partial charge in [-0.2, -0.15) is 4.98 Å². The smallest absolute Gasteiger partial charge is 0.224 e. The van der Waals surface area contributed by atoms with Crippen LogP contribution in [0, 0.1) is 20.8 Å². The van der Waals surface area contributed by atoms with Crippen LogP contribution in [0.5, 0.6) is 0 Å². The molecule has 25 heavy (non-hydrogen) atoms. The van der Waals surface area contributed by atoms with Crippen LogP contribution < -0.4 is 10.6 Å². The number of rotatable bonds is 6. The fourth-order valence-electron chi connectivity index (χ4n) is 2.44. The monoisotopic (exact) mass is 334 g/mol. The summed E-state index contributed by atoms with van der Waals surface area (Å²) in [5.41, 5.74) is 5.30. The minimum atomic E-state index is 0.580. The predicted molar refractivity (Wildman–Crippen MR) is 99.4 cm³/mol. The van der Waals surface area contributed by atoms with Gasteiger partial charge in [-0.15, -0.1) is 0 Å². The van der Waals surface area contributed by atoms with Gasteiger partial charge in [0.25, 0.3) is 0 Å². The van der Waals surface area contributed by atoms with Crippen molar-refractivity contribution in [3.63, 3.8) is 0 Å². The highest BCUT2D eigenvalue weighted by Gasteiger charge is 2.06. The molecule has 0 atom stereocenters. The Morgan fingerprint density at radius 3 is 1.96 bits per heavy atom. The molecule has 0 fully saturated rings. The van der Waals surface area contributed by atoms with E-state index in [-0.39, 0.29) is 0 Å². The van der Waals surface area contributed by atoms with E-state index in [4.69, 9.17) is 0 Å². The molecule has 3 aromatic rings. The Morgan fingerprint density at radius 2 is 1.36 bits per heavy atom. The Kier molecular flexibility index (Phi) is 5.18. The van der Waals surface area contributed by atoms with Crippen LogP contribution in [0.2, 0.25) is 0 Å². The zero-order valence-corrected chi connectivity index (χ0v) is 14.7. The first-order valence-corrected chi connectivity index (χ1v) is 8.26. The highest BCUT2D eigenvalue weighted by molar-refractivity contribution is 5.47. The fourth-order valence-corrected chi connectivity index (χ4v) is 2.44. The highest BCUT2D eigenvalue weighted by atomic mass is 15.1.